The summed E-state index contributed by atoms with van der Waals surface area (Å²) in [5.41, 5.74) is 7.75. The number of hydrogen-bond acceptors (Lipinski definition) is 3. The number of fused-ring (bicyclic) bond motifs is 1. The zero-order valence-corrected chi connectivity index (χ0v) is 9.12. The predicted octanol–water partition coefficient (Wildman–Crippen LogP) is 1.86. The topological polar surface area (TPSA) is 68.1 Å². The van der Waals surface area contributed by atoms with Crippen molar-refractivity contribution < 1.29 is 9.53 Å². The van der Waals surface area contributed by atoms with Gasteiger partial charge in [0.25, 0.3) is 0 Å². The third-order valence-corrected chi connectivity index (χ3v) is 2.55. The summed E-state index contributed by atoms with van der Waals surface area (Å²) in [6.45, 7) is 0. The van der Waals surface area contributed by atoms with E-state index in [4.69, 9.17) is 5.73 Å². The Morgan fingerprint density at radius 2 is 2.25 bits per heavy atom. The number of nitrogens with two attached hydrogens (primary N) is 1. The van der Waals surface area contributed by atoms with E-state index < -0.39 is 0 Å². The maximum absolute atomic E-state index is 11.0. The number of esters is 1. The first-order chi connectivity index (χ1) is 7.69. The van der Waals surface area contributed by atoms with Gasteiger partial charge in [0.2, 0.25) is 0 Å². The molecule has 0 bridgehead atoms. The van der Waals surface area contributed by atoms with Crippen LogP contribution in [0.5, 0.6) is 0 Å². The molecule has 4 nitrogen and oxygen atoms in total. The van der Waals surface area contributed by atoms with Crippen LogP contribution in [0.4, 0.5) is 5.82 Å². The van der Waals surface area contributed by atoms with Gasteiger partial charge in [-0.2, -0.15) is 0 Å². The summed E-state index contributed by atoms with van der Waals surface area (Å²) in [4.78, 5) is 14.1. The minimum atomic E-state index is -0.189. The highest BCUT2D eigenvalue weighted by atomic mass is 16.5. The molecule has 16 heavy (non-hydrogen) atoms. The summed E-state index contributed by atoms with van der Waals surface area (Å²) in [6, 6.07) is 7.89. The fourth-order valence-corrected chi connectivity index (χ4v) is 1.70. The summed E-state index contributed by atoms with van der Waals surface area (Å²) in [7, 11) is 1.40. The quantitative estimate of drug-likeness (QED) is 0.772. The molecule has 2 aromatic rings. The molecule has 1 heterocycles. The van der Waals surface area contributed by atoms with Gasteiger partial charge in [0.05, 0.1) is 7.11 Å². The number of aromatic nitrogens is 1. The summed E-state index contributed by atoms with van der Waals surface area (Å²) < 4.78 is 4.60. The Kier molecular flexibility index (Phi) is 2.81. The molecule has 1 aromatic carbocycles. The standard InChI is InChI=1S/C12H14N2O2/c1-16-12(15)5-3-8-2-4-9-7-11(13)14-10(9)6-8/h2,4,6-7,14H,3,5,13H2,1H3. The van der Waals surface area contributed by atoms with Gasteiger partial charge in [-0.25, -0.2) is 0 Å². The third kappa shape index (κ3) is 2.16. The number of carbonyl (C=O) groups excluding carboxylic acids is 1. The van der Waals surface area contributed by atoms with Crippen LogP contribution in [0.1, 0.15) is 12.0 Å². The summed E-state index contributed by atoms with van der Waals surface area (Å²) in [5, 5.41) is 1.08. The number of aryl methyl sites for hydroxylation is 1. The highest BCUT2D eigenvalue weighted by Crippen LogP contribution is 2.18. The van der Waals surface area contributed by atoms with Gasteiger partial charge < -0.3 is 15.5 Å². The van der Waals surface area contributed by atoms with Crippen LogP contribution in [0.25, 0.3) is 10.9 Å². The summed E-state index contributed by atoms with van der Waals surface area (Å²) in [5.74, 6) is 0.464. The molecular weight excluding hydrogens is 204 g/mol. The van der Waals surface area contributed by atoms with Gasteiger partial charge >= 0.3 is 5.97 Å². The van der Waals surface area contributed by atoms with Crippen molar-refractivity contribution in [3.8, 4) is 0 Å². The highest BCUT2D eigenvalue weighted by molar-refractivity contribution is 5.84. The fraction of sp³-hybridized carbons (Fsp3) is 0.250. The van der Waals surface area contributed by atoms with Crippen molar-refractivity contribution in [1.82, 2.24) is 4.98 Å². The van der Waals surface area contributed by atoms with Crippen LogP contribution in [-0.4, -0.2) is 18.1 Å². The first-order valence-corrected chi connectivity index (χ1v) is 5.13. The molecule has 84 valence electrons. The number of H-pyrrole nitrogens is 1. The first kappa shape index (κ1) is 10.5. The van der Waals surface area contributed by atoms with E-state index in [1.165, 1.54) is 7.11 Å². The molecule has 2 rings (SSSR count). The second kappa shape index (κ2) is 4.26. The van der Waals surface area contributed by atoms with E-state index in [2.05, 4.69) is 9.72 Å². The number of hydrogen-bond donors (Lipinski definition) is 2. The number of aromatic amines is 1. The average molecular weight is 218 g/mol. The molecule has 0 radical (unpaired) electrons. The molecule has 0 saturated carbocycles. The monoisotopic (exact) mass is 218 g/mol. The van der Waals surface area contributed by atoms with Crippen LogP contribution in [0, 0.1) is 0 Å². The molecule has 3 N–H and O–H groups in total. The summed E-state index contributed by atoms with van der Waals surface area (Å²) in [6.07, 6.45) is 1.08. The Labute approximate surface area is 93.4 Å². The lowest BCUT2D eigenvalue weighted by atomic mass is 10.1. The molecule has 0 amide bonds. The van der Waals surface area contributed by atoms with Gasteiger partial charge in [-0.3, -0.25) is 4.79 Å². The van der Waals surface area contributed by atoms with Crippen LogP contribution in [0.2, 0.25) is 0 Å². The van der Waals surface area contributed by atoms with Gasteiger partial charge in [0.1, 0.15) is 5.82 Å². The lowest BCUT2D eigenvalue weighted by Crippen LogP contribution is -2.01. The Morgan fingerprint density at radius 1 is 1.44 bits per heavy atom. The van der Waals surface area contributed by atoms with Gasteiger partial charge in [-0.05, 0) is 24.1 Å². The number of ether oxygens (including phenoxy) is 1. The molecule has 1 aromatic heterocycles. The van der Waals surface area contributed by atoms with E-state index in [0.29, 0.717) is 18.7 Å². The van der Waals surface area contributed by atoms with E-state index >= 15 is 0 Å². The van der Waals surface area contributed by atoms with E-state index in [1.807, 2.05) is 24.3 Å². The molecule has 0 unspecified atom stereocenters. The Morgan fingerprint density at radius 3 is 3.00 bits per heavy atom. The predicted molar refractivity (Wildman–Crippen MR) is 63.0 cm³/mol. The number of rotatable bonds is 3. The van der Waals surface area contributed by atoms with Crippen LogP contribution >= 0.6 is 0 Å². The van der Waals surface area contributed by atoms with E-state index in [9.17, 15) is 4.79 Å². The van der Waals surface area contributed by atoms with Gasteiger partial charge in [0, 0.05) is 17.3 Å². The molecule has 0 atom stereocenters. The smallest absolute Gasteiger partial charge is 0.305 e. The van der Waals surface area contributed by atoms with Crippen molar-refractivity contribution in [2.75, 3.05) is 12.8 Å². The van der Waals surface area contributed by atoms with Crippen molar-refractivity contribution in [2.45, 2.75) is 12.8 Å². The van der Waals surface area contributed by atoms with Crippen molar-refractivity contribution in [3.05, 3.63) is 29.8 Å². The molecule has 0 fully saturated rings. The lowest BCUT2D eigenvalue weighted by molar-refractivity contribution is -0.140. The maximum Gasteiger partial charge on any atom is 0.305 e. The van der Waals surface area contributed by atoms with E-state index in [-0.39, 0.29) is 5.97 Å². The van der Waals surface area contributed by atoms with Crippen LogP contribution in [-0.2, 0) is 16.0 Å². The van der Waals surface area contributed by atoms with Gasteiger partial charge in [-0.1, -0.05) is 12.1 Å². The minimum absolute atomic E-state index is 0.189. The number of nitrogens with one attached hydrogen (secondary N) is 1. The van der Waals surface area contributed by atoms with Crippen LogP contribution in [0.3, 0.4) is 0 Å². The number of carbonyl (C=O) groups is 1. The van der Waals surface area contributed by atoms with Gasteiger partial charge in [0.15, 0.2) is 0 Å². The normalized spacial score (nSPS) is 10.6. The average Bonchev–Trinajstić information content (AvgIpc) is 2.65. The number of methoxy groups -OCH3 is 1. The highest BCUT2D eigenvalue weighted by Gasteiger charge is 2.03. The molecule has 0 aliphatic heterocycles. The van der Waals surface area contributed by atoms with Crippen LogP contribution < -0.4 is 5.73 Å². The van der Waals surface area contributed by atoms with Crippen molar-refractivity contribution >= 4 is 22.7 Å². The largest absolute Gasteiger partial charge is 0.469 e. The van der Waals surface area contributed by atoms with Gasteiger partial charge in [-0.15, -0.1) is 0 Å². The second-order valence-corrected chi connectivity index (χ2v) is 3.72. The Balaban J connectivity index is 2.16. The number of anilines is 1. The molecule has 0 saturated heterocycles. The fourth-order valence-electron chi connectivity index (χ4n) is 1.70. The SMILES string of the molecule is COC(=O)CCc1ccc2cc(N)[nH]c2c1. The zero-order valence-electron chi connectivity index (χ0n) is 9.12. The second-order valence-electron chi connectivity index (χ2n) is 3.72. The lowest BCUT2D eigenvalue weighted by Gasteiger charge is -2.00. The van der Waals surface area contributed by atoms with Crippen molar-refractivity contribution in [2.24, 2.45) is 0 Å². The maximum atomic E-state index is 11.0. The van der Waals surface area contributed by atoms with Crippen molar-refractivity contribution in [1.29, 1.82) is 0 Å². The Hall–Kier alpha value is -1.97. The van der Waals surface area contributed by atoms with E-state index in [1.54, 1.807) is 0 Å². The first-order valence-electron chi connectivity index (χ1n) is 5.13. The van der Waals surface area contributed by atoms with E-state index in [0.717, 1.165) is 16.5 Å². The summed E-state index contributed by atoms with van der Waals surface area (Å²) >= 11 is 0. The minimum Gasteiger partial charge on any atom is -0.469 e. The number of nitrogen functional groups attached to an aromatic ring is 1. The molecular formula is C12H14N2O2. The Bertz CT molecular complexity index is 517. The number of benzene rings is 1. The molecule has 0 aliphatic carbocycles. The van der Waals surface area contributed by atoms with Crippen LogP contribution in [0.15, 0.2) is 24.3 Å². The molecule has 0 spiro atoms. The van der Waals surface area contributed by atoms with Crippen molar-refractivity contribution in [3.63, 3.8) is 0 Å². The molecule has 4 heteroatoms. The zero-order chi connectivity index (χ0) is 11.5. The molecule has 0 aliphatic rings. The third-order valence-electron chi connectivity index (χ3n) is 2.55.